The fraction of sp³-hybridized carbons (Fsp3) is 0.156. The molecule has 5 rings (SSSR count). The number of carboxylic acids is 1. The molecule has 0 radical (unpaired) electrons. The molecule has 5 nitrogen and oxygen atoms in total. The number of hydrogen-bond acceptors (Lipinski definition) is 3. The van der Waals surface area contributed by atoms with Crippen molar-refractivity contribution in [3.63, 3.8) is 0 Å². The standard InChI is InChI=1S/C32H27NO4/c1-21-12-11-19-25(20-21)28-27(30(34)23-15-7-3-8-16-23)26(22-13-5-2-6-14-22)29(32(36)37)33(28)31(35)24-17-9-4-10-18-24/h2-20,26-29H,1H3,(H,36,37). The SMILES string of the molecule is Cc1cccc(C2C(C(=O)c3ccccc3)C(c3ccccc3)C(C(=O)O)N2C(=O)c2ccccc2)c1. The molecule has 5 heteroatoms. The first-order valence-electron chi connectivity index (χ1n) is 12.3. The molecule has 0 bridgehead atoms. The molecule has 0 saturated carbocycles. The maximum absolute atomic E-state index is 14.2. The zero-order valence-electron chi connectivity index (χ0n) is 20.4. The maximum Gasteiger partial charge on any atom is 0.327 e. The van der Waals surface area contributed by atoms with E-state index in [2.05, 4.69) is 0 Å². The van der Waals surface area contributed by atoms with Crippen LogP contribution in [0.3, 0.4) is 0 Å². The molecule has 0 spiro atoms. The van der Waals surface area contributed by atoms with E-state index >= 15 is 0 Å². The van der Waals surface area contributed by atoms with Crippen molar-refractivity contribution in [3.8, 4) is 0 Å². The van der Waals surface area contributed by atoms with Crippen LogP contribution in [-0.4, -0.2) is 33.7 Å². The number of likely N-dealkylation sites (tertiary alicyclic amines) is 1. The van der Waals surface area contributed by atoms with Gasteiger partial charge in [-0.25, -0.2) is 4.79 Å². The van der Waals surface area contributed by atoms with Gasteiger partial charge >= 0.3 is 5.97 Å². The molecule has 1 aliphatic rings. The van der Waals surface area contributed by atoms with Crippen LogP contribution < -0.4 is 0 Å². The predicted octanol–water partition coefficient (Wildman–Crippen LogP) is 5.93. The Kier molecular flexibility index (Phi) is 6.69. The normalized spacial score (nSPS) is 20.9. The van der Waals surface area contributed by atoms with Crippen LogP contribution in [0.25, 0.3) is 0 Å². The van der Waals surface area contributed by atoms with Crippen molar-refractivity contribution in [2.24, 2.45) is 5.92 Å². The van der Waals surface area contributed by atoms with Crippen molar-refractivity contribution in [1.29, 1.82) is 0 Å². The van der Waals surface area contributed by atoms with Gasteiger partial charge in [0.05, 0.1) is 12.0 Å². The molecule has 184 valence electrons. The van der Waals surface area contributed by atoms with Gasteiger partial charge in [0, 0.05) is 17.0 Å². The number of aryl methyl sites for hydroxylation is 1. The topological polar surface area (TPSA) is 74.7 Å². The van der Waals surface area contributed by atoms with Crippen LogP contribution >= 0.6 is 0 Å². The summed E-state index contributed by atoms with van der Waals surface area (Å²) in [7, 11) is 0. The van der Waals surface area contributed by atoms with Gasteiger partial charge in [-0.3, -0.25) is 9.59 Å². The lowest BCUT2D eigenvalue weighted by molar-refractivity contribution is -0.142. The molecule has 4 aromatic carbocycles. The Labute approximate surface area is 216 Å². The average Bonchev–Trinajstić information content (AvgIpc) is 3.30. The van der Waals surface area contributed by atoms with Gasteiger partial charge in [0.2, 0.25) is 0 Å². The Bertz CT molecular complexity index is 1420. The Morgan fingerprint density at radius 2 is 1.22 bits per heavy atom. The summed E-state index contributed by atoms with van der Waals surface area (Å²) in [5, 5.41) is 10.6. The molecule has 4 unspecified atom stereocenters. The molecule has 1 amide bonds. The van der Waals surface area contributed by atoms with Gasteiger partial charge in [0.15, 0.2) is 5.78 Å². The van der Waals surface area contributed by atoms with E-state index in [1.54, 1.807) is 48.5 Å². The van der Waals surface area contributed by atoms with Gasteiger partial charge in [-0.1, -0.05) is 109 Å². The smallest absolute Gasteiger partial charge is 0.327 e. The first kappa shape index (κ1) is 24.2. The second-order valence-corrected chi connectivity index (χ2v) is 9.41. The Balaban J connectivity index is 1.78. The largest absolute Gasteiger partial charge is 0.480 e. The third-order valence-electron chi connectivity index (χ3n) is 7.10. The van der Waals surface area contributed by atoms with E-state index < -0.39 is 35.8 Å². The van der Waals surface area contributed by atoms with Crippen LogP contribution in [0.5, 0.6) is 0 Å². The lowest BCUT2D eigenvalue weighted by Gasteiger charge is -2.30. The van der Waals surface area contributed by atoms with Crippen LogP contribution in [0.4, 0.5) is 0 Å². The number of aliphatic carboxylic acids is 1. The third-order valence-corrected chi connectivity index (χ3v) is 7.10. The number of hydrogen-bond donors (Lipinski definition) is 1. The average molecular weight is 490 g/mol. The van der Waals surface area contributed by atoms with Gasteiger partial charge < -0.3 is 10.0 Å². The fourth-order valence-corrected chi connectivity index (χ4v) is 5.56. The summed E-state index contributed by atoms with van der Waals surface area (Å²) in [5.41, 5.74) is 3.29. The van der Waals surface area contributed by atoms with Gasteiger partial charge in [-0.05, 0) is 30.2 Å². The summed E-state index contributed by atoms with van der Waals surface area (Å²) in [6, 6.07) is 32.4. The van der Waals surface area contributed by atoms with Crippen LogP contribution in [0.15, 0.2) is 115 Å². The Morgan fingerprint density at radius 1 is 0.676 bits per heavy atom. The summed E-state index contributed by atoms with van der Waals surface area (Å²) in [4.78, 5) is 42.7. The first-order chi connectivity index (χ1) is 18.0. The van der Waals surface area contributed by atoms with Crippen molar-refractivity contribution in [2.45, 2.75) is 24.9 Å². The van der Waals surface area contributed by atoms with Crippen molar-refractivity contribution in [2.75, 3.05) is 0 Å². The zero-order valence-corrected chi connectivity index (χ0v) is 20.4. The molecular formula is C32H27NO4. The molecule has 4 atom stereocenters. The van der Waals surface area contributed by atoms with E-state index in [0.29, 0.717) is 16.7 Å². The van der Waals surface area contributed by atoms with Crippen LogP contribution in [0.2, 0.25) is 0 Å². The highest BCUT2D eigenvalue weighted by atomic mass is 16.4. The number of amides is 1. The van der Waals surface area contributed by atoms with E-state index in [1.807, 2.05) is 73.7 Å². The third kappa shape index (κ3) is 4.56. The number of carboxylic acid groups (broad SMARTS) is 1. The summed E-state index contributed by atoms with van der Waals surface area (Å²) in [6.45, 7) is 1.94. The molecule has 0 aliphatic carbocycles. The lowest BCUT2D eigenvalue weighted by atomic mass is 9.76. The number of nitrogens with zero attached hydrogens (tertiary/aromatic N) is 1. The van der Waals surface area contributed by atoms with E-state index in [-0.39, 0.29) is 5.78 Å². The van der Waals surface area contributed by atoms with Crippen molar-refractivity contribution >= 4 is 17.7 Å². The summed E-state index contributed by atoms with van der Waals surface area (Å²) in [5.74, 6) is -3.29. The van der Waals surface area contributed by atoms with E-state index in [4.69, 9.17) is 0 Å². The summed E-state index contributed by atoms with van der Waals surface area (Å²) >= 11 is 0. The van der Waals surface area contributed by atoms with E-state index in [0.717, 1.165) is 11.1 Å². The highest BCUT2D eigenvalue weighted by Gasteiger charge is 2.57. The lowest BCUT2D eigenvalue weighted by Crippen LogP contribution is -2.43. The van der Waals surface area contributed by atoms with Crippen LogP contribution in [0.1, 0.15) is 49.4 Å². The minimum atomic E-state index is -1.24. The molecule has 1 heterocycles. The van der Waals surface area contributed by atoms with E-state index in [9.17, 15) is 19.5 Å². The van der Waals surface area contributed by atoms with Crippen molar-refractivity contribution in [3.05, 3.63) is 143 Å². The van der Waals surface area contributed by atoms with Crippen LogP contribution in [0, 0.1) is 12.8 Å². The number of Topliss-reactive ketones (excluding diaryl/α,β-unsaturated/α-hetero) is 1. The van der Waals surface area contributed by atoms with Crippen molar-refractivity contribution < 1.29 is 19.5 Å². The second-order valence-electron chi connectivity index (χ2n) is 9.41. The number of rotatable bonds is 6. The Hall–Kier alpha value is -4.51. The quantitative estimate of drug-likeness (QED) is 0.341. The molecule has 0 aromatic heterocycles. The molecule has 37 heavy (non-hydrogen) atoms. The van der Waals surface area contributed by atoms with E-state index in [1.165, 1.54) is 4.90 Å². The first-order valence-corrected chi connectivity index (χ1v) is 12.3. The highest BCUT2D eigenvalue weighted by molar-refractivity contribution is 6.03. The zero-order chi connectivity index (χ0) is 25.9. The Morgan fingerprint density at radius 3 is 1.78 bits per heavy atom. The van der Waals surface area contributed by atoms with Crippen molar-refractivity contribution in [1.82, 2.24) is 4.90 Å². The number of carbonyl (C=O) groups is 3. The second kappa shape index (κ2) is 10.2. The molecule has 1 saturated heterocycles. The van der Waals surface area contributed by atoms with Crippen LogP contribution in [-0.2, 0) is 4.79 Å². The minimum Gasteiger partial charge on any atom is -0.480 e. The minimum absolute atomic E-state index is 0.185. The summed E-state index contributed by atoms with van der Waals surface area (Å²) < 4.78 is 0. The summed E-state index contributed by atoms with van der Waals surface area (Å²) in [6.07, 6.45) is 0. The highest BCUT2D eigenvalue weighted by Crippen LogP contribution is 2.51. The molecule has 1 aliphatic heterocycles. The predicted molar refractivity (Wildman–Crippen MR) is 141 cm³/mol. The van der Waals surface area contributed by atoms with Gasteiger partial charge in [-0.2, -0.15) is 0 Å². The number of carbonyl (C=O) groups excluding carboxylic acids is 2. The van der Waals surface area contributed by atoms with Gasteiger partial charge in [-0.15, -0.1) is 0 Å². The monoisotopic (exact) mass is 489 g/mol. The molecular weight excluding hydrogens is 462 g/mol. The number of ketones is 1. The fourth-order valence-electron chi connectivity index (χ4n) is 5.56. The molecule has 1 N–H and O–H groups in total. The van der Waals surface area contributed by atoms with Gasteiger partial charge in [0.25, 0.3) is 5.91 Å². The number of benzene rings is 4. The molecule has 1 fully saturated rings. The maximum atomic E-state index is 14.2. The van der Waals surface area contributed by atoms with Gasteiger partial charge in [0.1, 0.15) is 6.04 Å². The molecule has 4 aromatic rings.